The van der Waals surface area contributed by atoms with Crippen molar-refractivity contribution in [2.75, 3.05) is 32.8 Å². The van der Waals surface area contributed by atoms with E-state index in [2.05, 4.69) is 20.0 Å². The minimum absolute atomic E-state index is 0.128. The Labute approximate surface area is 152 Å². The molecule has 0 atom stereocenters. The van der Waals surface area contributed by atoms with Gasteiger partial charge in [0, 0.05) is 49.2 Å². The van der Waals surface area contributed by atoms with E-state index in [0.717, 1.165) is 61.6 Å². The van der Waals surface area contributed by atoms with Crippen LogP contribution in [0, 0.1) is 0 Å². The normalized spacial score (nSPS) is 14.8. The van der Waals surface area contributed by atoms with Crippen LogP contribution in [0.15, 0.2) is 41.6 Å². The average Bonchev–Trinajstić information content (AvgIpc) is 3.17. The van der Waals surface area contributed by atoms with Crippen molar-refractivity contribution in [3.8, 4) is 11.1 Å². The van der Waals surface area contributed by atoms with Crippen LogP contribution in [0.25, 0.3) is 22.2 Å². The Kier molecular flexibility index (Phi) is 6.14. The minimum atomic E-state index is -0.128. The molecule has 138 valence electrons. The number of hydrogen-bond donors (Lipinski definition) is 1. The van der Waals surface area contributed by atoms with Gasteiger partial charge in [0.1, 0.15) is 0 Å². The van der Waals surface area contributed by atoms with Crippen LogP contribution in [-0.2, 0) is 11.3 Å². The highest BCUT2D eigenvalue weighted by molar-refractivity contribution is 5.90. The maximum absolute atomic E-state index is 11.6. The van der Waals surface area contributed by atoms with E-state index in [1.807, 2.05) is 37.0 Å². The number of nitrogens with zero attached hydrogens (tertiary/aromatic N) is 4. The summed E-state index contributed by atoms with van der Waals surface area (Å²) in [6.07, 6.45) is 5.60. The molecule has 0 unspecified atom stereocenters. The van der Waals surface area contributed by atoms with Gasteiger partial charge in [-0.15, -0.1) is 0 Å². The summed E-state index contributed by atoms with van der Waals surface area (Å²) in [7, 11) is 0. The number of morpholine rings is 1. The Morgan fingerprint density at radius 2 is 1.96 bits per heavy atom. The number of hydrogen-bond acceptors (Lipinski definition) is 5. The van der Waals surface area contributed by atoms with Crippen LogP contribution in [0.2, 0.25) is 0 Å². The Morgan fingerprint density at radius 3 is 2.77 bits per heavy atom. The van der Waals surface area contributed by atoms with Crippen molar-refractivity contribution < 1.29 is 4.74 Å². The van der Waals surface area contributed by atoms with Gasteiger partial charge >= 0.3 is 0 Å². The smallest absolute Gasteiger partial charge is 0.248 e. The Balaban J connectivity index is 0.000000948. The van der Waals surface area contributed by atoms with Gasteiger partial charge in [-0.25, -0.2) is 0 Å². The van der Waals surface area contributed by atoms with E-state index in [1.165, 1.54) is 6.07 Å². The van der Waals surface area contributed by atoms with Crippen LogP contribution in [-0.4, -0.2) is 57.5 Å². The second-order valence-electron chi connectivity index (χ2n) is 5.89. The second kappa shape index (κ2) is 8.73. The van der Waals surface area contributed by atoms with E-state index < -0.39 is 0 Å². The molecular formula is C19H25N5O2. The summed E-state index contributed by atoms with van der Waals surface area (Å²) >= 11 is 0. The molecule has 0 spiro atoms. The van der Waals surface area contributed by atoms with E-state index in [1.54, 1.807) is 12.3 Å². The number of fused-ring (bicyclic) bond motifs is 1. The first-order chi connectivity index (χ1) is 12.8. The van der Waals surface area contributed by atoms with Crippen LogP contribution in [0.3, 0.4) is 0 Å². The average molecular weight is 355 g/mol. The van der Waals surface area contributed by atoms with E-state index >= 15 is 0 Å². The van der Waals surface area contributed by atoms with Gasteiger partial charge in [-0.1, -0.05) is 13.8 Å². The molecule has 1 aliphatic heterocycles. The molecule has 1 saturated heterocycles. The Hall–Kier alpha value is -2.51. The molecule has 0 aromatic carbocycles. The van der Waals surface area contributed by atoms with Gasteiger partial charge in [-0.05, 0) is 12.1 Å². The number of H-pyrrole nitrogens is 1. The molecular weight excluding hydrogens is 330 g/mol. The number of pyridine rings is 2. The number of aromatic nitrogens is 4. The zero-order valence-electron chi connectivity index (χ0n) is 15.3. The molecule has 1 fully saturated rings. The van der Waals surface area contributed by atoms with E-state index in [4.69, 9.17) is 4.74 Å². The lowest BCUT2D eigenvalue weighted by molar-refractivity contribution is 0.0360. The van der Waals surface area contributed by atoms with Gasteiger partial charge in [0.25, 0.3) is 0 Å². The molecule has 0 radical (unpaired) electrons. The lowest BCUT2D eigenvalue weighted by Gasteiger charge is -2.26. The topological polar surface area (TPSA) is 76.0 Å². The fourth-order valence-corrected chi connectivity index (χ4v) is 2.99. The third-order valence-corrected chi connectivity index (χ3v) is 4.31. The van der Waals surface area contributed by atoms with E-state index in [9.17, 15) is 4.79 Å². The summed E-state index contributed by atoms with van der Waals surface area (Å²) in [5.41, 5.74) is 3.31. The summed E-state index contributed by atoms with van der Waals surface area (Å²) in [5, 5.41) is 4.45. The molecule has 0 saturated carbocycles. The van der Waals surface area contributed by atoms with Crippen LogP contribution in [0.4, 0.5) is 0 Å². The third-order valence-electron chi connectivity index (χ3n) is 4.31. The first-order valence-electron chi connectivity index (χ1n) is 9.10. The lowest BCUT2D eigenvalue weighted by Crippen LogP contribution is -2.38. The predicted molar refractivity (Wildman–Crippen MR) is 102 cm³/mol. The molecule has 3 aromatic rings. The summed E-state index contributed by atoms with van der Waals surface area (Å²) in [6.45, 7) is 9.36. The Bertz CT molecular complexity index is 896. The van der Waals surface area contributed by atoms with Crippen LogP contribution in [0.1, 0.15) is 13.8 Å². The number of ether oxygens (including phenoxy) is 1. The van der Waals surface area contributed by atoms with Crippen molar-refractivity contribution in [2.45, 2.75) is 20.4 Å². The van der Waals surface area contributed by atoms with Gasteiger partial charge in [-0.2, -0.15) is 5.10 Å². The van der Waals surface area contributed by atoms with Crippen molar-refractivity contribution in [1.29, 1.82) is 0 Å². The van der Waals surface area contributed by atoms with Crippen LogP contribution < -0.4 is 5.56 Å². The lowest BCUT2D eigenvalue weighted by atomic mass is 10.1. The van der Waals surface area contributed by atoms with Crippen LogP contribution in [0.5, 0.6) is 0 Å². The standard InChI is InChI=1S/C17H19N5O2.C2H6/c23-16-2-1-15-17(20-16)14(3-4-18-15)13-11-19-22(12-13)6-5-21-7-9-24-10-8-21;1-2/h1-4,11-12H,5-10H2,(H,20,23);1-2H3. The van der Waals surface area contributed by atoms with Crippen molar-refractivity contribution >= 4 is 11.0 Å². The second-order valence-corrected chi connectivity index (χ2v) is 5.89. The van der Waals surface area contributed by atoms with Gasteiger partial charge in [0.05, 0.1) is 37.0 Å². The number of nitrogens with one attached hydrogen (secondary N) is 1. The number of aromatic amines is 1. The monoisotopic (exact) mass is 355 g/mol. The molecule has 0 bridgehead atoms. The SMILES string of the molecule is CC.O=c1ccc2nccc(-c3cnn(CCN4CCOCC4)c3)c2[nH]1. The zero-order valence-corrected chi connectivity index (χ0v) is 15.3. The number of rotatable bonds is 4. The zero-order chi connectivity index (χ0) is 18.4. The van der Waals surface area contributed by atoms with E-state index in [-0.39, 0.29) is 5.56 Å². The molecule has 4 heterocycles. The summed E-state index contributed by atoms with van der Waals surface area (Å²) in [4.78, 5) is 21.2. The maximum atomic E-state index is 11.6. The van der Waals surface area contributed by atoms with Crippen molar-refractivity contribution in [2.24, 2.45) is 0 Å². The molecule has 0 aliphatic carbocycles. The highest BCUT2D eigenvalue weighted by atomic mass is 16.5. The molecule has 7 nitrogen and oxygen atoms in total. The summed E-state index contributed by atoms with van der Waals surface area (Å²) in [6, 6.07) is 5.13. The van der Waals surface area contributed by atoms with Crippen LogP contribution >= 0.6 is 0 Å². The molecule has 0 amide bonds. The fourth-order valence-electron chi connectivity index (χ4n) is 2.99. The van der Waals surface area contributed by atoms with Crippen molar-refractivity contribution in [3.63, 3.8) is 0 Å². The largest absolute Gasteiger partial charge is 0.379 e. The molecule has 7 heteroatoms. The molecule has 3 aromatic heterocycles. The van der Waals surface area contributed by atoms with Crippen molar-refractivity contribution in [1.82, 2.24) is 24.6 Å². The van der Waals surface area contributed by atoms with Gasteiger partial charge in [0.15, 0.2) is 0 Å². The first kappa shape index (κ1) is 18.3. The molecule has 1 N–H and O–H groups in total. The molecule has 4 rings (SSSR count). The maximum Gasteiger partial charge on any atom is 0.248 e. The van der Waals surface area contributed by atoms with Gasteiger partial charge < -0.3 is 9.72 Å². The third kappa shape index (κ3) is 4.17. The summed E-state index contributed by atoms with van der Waals surface area (Å²) in [5.74, 6) is 0. The fraction of sp³-hybridized carbons (Fsp3) is 0.421. The first-order valence-corrected chi connectivity index (χ1v) is 9.10. The quantitative estimate of drug-likeness (QED) is 0.776. The summed E-state index contributed by atoms with van der Waals surface area (Å²) < 4.78 is 7.31. The van der Waals surface area contributed by atoms with Gasteiger partial charge in [0.2, 0.25) is 5.56 Å². The molecule has 26 heavy (non-hydrogen) atoms. The van der Waals surface area contributed by atoms with Crippen molar-refractivity contribution in [3.05, 3.63) is 47.1 Å². The minimum Gasteiger partial charge on any atom is -0.379 e. The highest BCUT2D eigenvalue weighted by Gasteiger charge is 2.11. The van der Waals surface area contributed by atoms with Gasteiger partial charge in [-0.3, -0.25) is 19.4 Å². The Morgan fingerprint density at radius 1 is 1.15 bits per heavy atom. The highest BCUT2D eigenvalue weighted by Crippen LogP contribution is 2.24. The molecule has 1 aliphatic rings. The predicted octanol–water partition coefficient (Wildman–Crippen LogP) is 2.14. The van der Waals surface area contributed by atoms with E-state index in [0.29, 0.717) is 0 Å².